The summed E-state index contributed by atoms with van der Waals surface area (Å²) in [6.07, 6.45) is 0.128. The predicted octanol–water partition coefficient (Wildman–Crippen LogP) is 1.60. The molecular formula is C12H16FNO4S. The van der Waals surface area contributed by atoms with E-state index in [9.17, 15) is 17.6 Å². The summed E-state index contributed by atoms with van der Waals surface area (Å²) in [5, 5.41) is 8.98. The monoisotopic (exact) mass is 289 g/mol. The van der Waals surface area contributed by atoms with Gasteiger partial charge in [-0.1, -0.05) is 26.0 Å². The van der Waals surface area contributed by atoms with Gasteiger partial charge in [0.05, 0.1) is 0 Å². The highest BCUT2D eigenvalue weighted by atomic mass is 32.2. The number of hydrogen-bond acceptors (Lipinski definition) is 3. The lowest BCUT2D eigenvalue weighted by Gasteiger charge is -2.16. The highest BCUT2D eigenvalue weighted by Crippen LogP contribution is 2.15. The van der Waals surface area contributed by atoms with Crippen molar-refractivity contribution in [2.75, 3.05) is 0 Å². The number of benzene rings is 1. The molecular weight excluding hydrogens is 273 g/mol. The van der Waals surface area contributed by atoms with Gasteiger partial charge >= 0.3 is 5.97 Å². The first-order chi connectivity index (χ1) is 8.74. The Labute approximate surface area is 111 Å². The lowest BCUT2D eigenvalue weighted by Crippen LogP contribution is -2.41. The van der Waals surface area contributed by atoms with Gasteiger partial charge in [-0.3, -0.25) is 4.79 Å². The molecule has 19 heavy (non-hydrogen) atoms. The summed E-state index contributed by atoms with van der Waals surface area (Å²) >= 11 is 0. The van der Waals surface area contributed by atoms with Crippen molar-refractivity contribution in [2.24, 2.45) is 5.92 Å². The Morgan fingerprint density at radius 2 is 1.95 bits per heavy atom. The van der Waals surface area contributed by atoms with Gasteiger partial charge in [0.25, 0.3) is 0 Å². The molecule has 0 amide bonds. The third kappa shape index (κ3) is 4.29. The first kappa shape index (κ1) is 15.6. The largest absolute Gasteiger partial charge is 0.480 e. The molecule has 0 saturated heterocycles. The minimum absolute atomic E-state index is 0.00980. The van der Waals surface area contributed by atoms with Crippen molar-refractivity contribution in [3.8, 4) is 0 Å². The molecule has 0 aliphatic rings. The fourth-order valence-electron chi connectivity index (χ4n) is 1.58. The summed E-state index contributed by atoms with van der Waals surface area (Å²) < 4.78 is 39.3. The quantitative estimate of drug-likeness (QED) is 0.833. The Bertz CT molecular complexity index is 557. The van der Waals surface area contributed by atoms with Crippen LogP contribution in [0.25, 0.3) is 0 Å². The summed E-state index contributed by atoms with van der Waals surface area (Å²) in [7, 11) is -4.19. The van der Waals surface area contributed by atoms with Crippen LogP contribution in [0, 0.1) is 11.7 Å². The lowest BCUT2D eigenvalue weighted by atomic mass is 10.1. The second-order valence-corrected chi connectivity index (χ2v) is 6.25. The summed E-state index contributed by atoms with van der Waals surface area (Å²) in [4.78, 5) is 10.5. The molecule has 106 valence electrons. The van der Waals surface area contributed by atoms with Crippen LogP contribution in [-0.2, 0) is 14.8 Å². The predicted molar refractivity (Wildman–Crippen MR) is 67.6 cm³/mol. The van der Waals surface area contributed by atoms with Gasteiger partial charge in [0.15, 0.2) is 0 Å². The van der Waals surface area contributed by atoms with Crippen molar-refractivity contribution >= 4 is 16.0 Å². The zero-order chi connectivity index (χ0) is 14.6. The van der Waals surface area contributed by atoms with Gasteiger partial charge in [-0.15, -0.1) is 0 Å². The number of rotatable bonds is 6. The third-order valence-corrected chi connectivity index (χ3v) is 3.93. The number of nitrogens with one attached hydrogen (secondary N) is 1. The minimum atomic E-state index is -4.19. The van der Waals surface area contributed by atoms with Crippen molar-refractivity contribution < 1.29 is 22.7 Å². The second kappa shape index (κ2) is 6.12. The molecule has 5 nitrogen and oxygen atoms in total. The standard InChI is InChI=1S/C12H16FNO4S/c1-8(2)7-10(12(15)16)14-19(17,18)11-6-4-3-5-9(11)13/h3-6,8,10,14H,7H2,1-2H3,(H,15,16)/t10-/m1/s1. The summed E-state index contributed by atoms with van der Waals surface area (Å²) in [6.45, 7) is 3.54. The van der Waals surface area contributed by atoms with Gasteiger partial charge in [-0.25, -0.2) is 12.8 Å². The SMILES string of the molecule is CC(C)C[C@@H](NS(=O)(=O)c1ccccc1F)C(=O)O. The van der Waals surface area contributed by atoms with Gasteiger partial charge in [-0.2, -0.15) is 4.72 Å². The van der Waals surface area contributed by atoms with Crippen LogP contribution in [0.2, 0.25) is 0 Å². The second-order valence-electron chi connectivity index (χ2n) is 4.57. The van der Waals surface area contributed by atoms with E-state index in [1.165, 1.54) is 12.1 Å². The van der Waals surface area contributed by atoms with Gasteiger partial charge in [0.2, 0.25) is 10.0 Å². The molecule has 7 heteroatoms. The number of hydrogen-bond donors (Lipinski definition) is 2. The Hall–Kier alpha value is -1.47. The summed E-state index contributed by atoms with van der Waals surface area (Å²) in [5.74, 6) is -2.21. The molecule has 0 spiro atoms. The lowest BCUT2D eigenvalue weighted by molar-refractivity contribution is -0.139. The van der Waals surface area contributed by atoms with Crippen molar-refractivity contribution in [1.29, 1.82) is 0 Å². The fourth-order valence-corrected chi connectivity index (χ4v) is 2.87. The molecule has 2 N–H and O–H groups in total. The van der Waals surface area contributed by atoms with E-state index in [1.807, 2.05) is 4.72 Å². The maximum Gasteiger partial charge on any atom is 0.321 e. The maximum absolute atomic E-state index is 13.4. The topological polar surface area (TPSA) is 83.5 Å². The van der Waals surface area contributed by atoms with E-state index in [2.05, 4.69) is 0 Å². The molecule has 0 radical (unpaired) electrons. The van der Waals surface area contributed by atoms with Crippen molar-refractivity contribution in [2.45, 2.75) is 31.2 Å². The maximum atomic E-state index is 13.4. The molecule has 0 fully saturated rings. The van der Waals surface area contributed by atoms with Crippen LogP contribution in [0.3, 0.4) is 0 Å². The smallest absolute Gasteiger partial charge is 0.321 e. The first-order valence-corrected chi connectivity index (χ1v) is 7.22. The Balaban J connectivity index is 3.01. The molecule has 0 aliphatic heterocycles. The van der Waals surface area contributed by atoms with E-state index in [-0.39, 0.29) is 12.3 Å². The van der Waals surface area contributed by atoms with Gasteiger partial charge in [-0.05, 0) is 24.5 Å². The number of sulfonamides is 1. The average Bonchev–Trinajstić information content (AvgIpc) is 2.27. The van der Waals surface area contributed by atoms with E-state index >= 15 is 0 Å². The third-order valence-electron chi connectivity index (χ3n) is 2.43. The molecule has 1 atom stereocenters. The van der Waals surface area contributed by atoms with Crippen LogP contribution >= 0.6 is 0 Å². The molecule has 0 saturated carbocycles. The van der Waals surface area contributed by atoms with Gasteiger partial charge in [0.1, 0.15) is 16.8 Å². The minimum Gasteiger partial charge on any atom is -0.480 e. The van der Waals surface area contributed by atoms with E-state index < -0.39 is 32.7 Å². The van der Waals surface area contributed by atoms with Crippen LogP contribution in [-0.4, -0.2) is 25.5 Å². The summed E-state index contributed by atoms with van der Waals surface area (Å²) in [5.41, 5.74) is 0. The van der Waals surface area contributed by atoms with E-state index in [1.54, 1.807) is 13.8 Å². The normalized spacial score (nSPS) is 13.5. The van der Waals surface area contributed by atoms with E-state index in [4.69, 9.17) is 5.11 Å². The van der Waals surface area contributed by atoms with Crippen molar-refractivity contribution in [1.82, 2.24) is 4.72 Å². The molecule has 0 unspecified atom stereocenters. The highest BCUT2D eigenvalue weighted by molar-refractivity contribution is 7.89. The van der Waals surface area contributed by atoms with Crippen molar-refractivity contribution in [3.05, 3.63) is 30.1 Å². The zero-order valence-electron chi connectivity index (χ0n) is 10.6. The molecule has 1 aromatic carbocycles. The molecule has 1 aromatic rings. The molecule has 0 aliphatic carbocycles. The van der Waals surface area contributed by atoms with Crippen molar-refractivity contribution in [3.63, 3.8) is 0 Å². The Kier molecular flexibility index (Phi) is 5.02. The number of aliphatic carboxylic acids is 1. The number of halogens is 1. The van der Waals surface area contributed by atoms with Gasteiger partial charge < -0.3 is 5.11 Å². The number of carboxylic acids is 1. The molecule has 1 rings (SSSR count). The average molecular weight is 289 g/mol. The van der Waals surface area contributed by atoms with E-state index in [0.717, 1.165) is 12.1 Å². The van der Waals surface area contributed by atoms with E-state index in [0.29, 0.717) is 0 Å². The van der Waals surface area contributed by atoms with Crippen LogP contribution in [0.1, 0.15) is 20.3 Å². The van der Waals surface area contributed by atoms with Crippen LogP contribution in [0.5, 0.6) is 0 Å². The Morgan fingerprint density at radius 3 is 2.42 bits per heavy atom. The molecule has 0 bridgehead atoms. The highest BCUT2D eigenvalue weighted by Gasteiger charge is 2.27. The first-order valence-electron chi connectivity index (χ1n) is 5.73. The molecule has 0 heterocycles. The Morgan fingerprint density at radius 1 is 1.37 bits per heavy atom. The number of carbonyl (C=O) groups is 1. The van der Waals surface area contributed by atoms with Crippen LogP contribution in [0.4, 0.5) is 4.39 Å². The summed E-state index contributed by atoms with van der Waals surface area (Å²) in [6, 6.07) is 3.55. The zero-order valence-corrected chi connectivity index (χ0v) is 11.4. The van der Waals surface area contributed by atoms with Gasteiger partial charge in [0, 0.05) is 0 Å². The molecule has 0 aromatic heterocycles. The number of carboxylic acid groups (broad SMARTS) is 1. The fraction of sp³-hybridized carbons (Fsp3) is 0.417. The van der Waals surface area contributed by atoms with Crippen LogP contribution < -0.4 is 4.72 Å². The van der Waals surface area contributed by atoms with Crippen LogP contribution in [0.15, 0.2) is 29.2 Å².